The molecular weight excluding hydrogens is 403 g/mol. The topological polar surface area (TPSA) is 48.7 Å². The molecule has 1 saturated heterocycles. The Morgan fingerprint density at radius 3 is 2.16 bits per heavy atom. The van der Waals surface area contributed by atoms with Crippen molar-refractivity contribution in [3.63, 3.8) is 0 Å². The zero-order valence-electron chi connectivity index (χ0n) is 18.2. The average Bonchev–Trinajstić information content (AvgIpc) is 3.21. The molecule has 4 aromatic rings. The van der Waals surface area contributed by atoms with Gasteiger partial charge >= 0.3 is 0 Å². The molecular formula is C25H27FN6. The lowest BCUT2D eigenvalue weighted by Gasteiger charge is -2.37. The van der Waals surface area contributed by atoms with Gasteiger partial charge in [0.05, 0.1) is 17.9 Å². The van der Waals surface area contributed by atoms with Crippen molar-refractivity contribution in [1.82, 2.24) is 14.4 Å². The number of hydrogen-bond donors (Lipinski definition) is 1. The number of imidazole rings is 1. The first kappa shape index (κ1) is 20.3. The number of hydrogen-bond acceptors (Lipinski definition) is 5. The zero-order valence-corrected chi connectivity index (χ0v) is 18.2. The fourth-order valence-corrected chi connectivity index (χ4v) is 4.30. The van der Waals surface area contributed by atoms with Gasteiger partial charge in [-0.15, -0.1) is 0 Å². The molecule has 164 valence electrons. The number of halogens is 1. The van der Waals surface area contributed by atoms with Crippen LogP contribution in [0.1, 0.15) is 18.3 Å². The summed E-state index contributed by atoms with van der Waals surface area (Å²) >= 11 is 0. The molecule has 1 fully saturated rings. The number of piperazine rings is 1. The molecule has 3 heterocycles. The lowest BCUT2D eigenvalue weighted by atomic mass is 10.2. The van der Waals surface area contributed by atoms with Crippen LogP contribution in [0.2, 0.25) is 0 Å². The number of nitrogens with zero attached hydrogens (tertiary/aromatic N) is 5. The van der Waals surface area contributed by atoms with E-state index in [-0.39, 0.29) is 5.82 Å². The number of nitrogens with one attached hydrogen (secondary N) is 1. The largest absolute Gasteiger partial charge is 0.379 e. The Labute approximate surface area is 187 Å². The van der Waals surface area contributed by atoms with Crippen LogP contribution >= 0.6 is 0 Å². The quantitative estimate of drug-likeness (QED) is 0.492. The maximum absolute atomic E-state index is 13.2. The van der Waals surface area contributed by atoms with Gasteiger partial charge in [0.2, 0.25) is 5.78 Å². The second kappa shape index (κ2) is 8.86. The van der Waals surface area contributed by atoms with Crippen molar-refractivity contribution in [2.24, 2.45) is 0 Å². The molecule has 0 aliphatic carbocycles. The van der Waals surface area contributed by atoms with Crippen LogP contribution < -0.4 is 15.1 Å². The normalized spacial score (nSPS) is 14.2. The first-order valence-electron chi connectivity index (χ1n) is 11.1. The minimum atomic E-state index is -0.190. The van der Waals surface area contributed by atoms with Crippen LogP contribution in [0.5, 0.6) is 0 Å². The van der Waals surface area contributed by atoms with Crippen molar-refractivity contribution in [1.29, 1.82) is 0 Å². The van der Waals surface area contributed by atoms with Crippen LogP contribution in [-0.4, -0.2) is 40.5 Å². The lowest BCUT2D eigenvalue weighted by Crippen LogP contribution is -2.46. The standard InChI is InChI=1S/C25H27FN6/c1-2-23-24(32-13-3-12-27-25(32)29-23)18-28-20-6-10-22(11-7-20)31-16-14-30(15-17-31)21-8-4-19(26)5-9-21/h3-13,28H,2,14-18H2,1H3. The van der Waals surface area contributed by atoms with Gasteiger partial charge in [0.1, 0.15) is 5.82 Å². The number of aromatic nitrogens is 3. The highest BCUT2D eigenvalue weighted by Gasteiger charge is 2.18. The van der Waals surface area contributed by atoms with Crippen LogP contribution in [0.4, 0.5) is 21.5 Å². The summed E-state index contributed by atoms with van der Waals surface area (Å²) in [4.78, 5) is 13.7. The van der Waals surface area contributed by atoms with Gasteiger partial charge in [-0.25, -0.2) is 14.4 Å². The number of benzene rings is 2. The van der Waals surface area contributed by atoms with Gasteiger partial charge in [-0.05, 0) is 61.0 Å². The smallest absolute Gasteiger partial charge is 0.234 e. The number of aryl methyl sites for hydroxylation is 1. The van der Waals surface area contributed by atoms with E-state index in [1.54, 1.807) is 6.20 Å². The molecule has 32 heavy (non-hydrogen) atoms. The summed E-state index contributed by atoms with van der Waals surface area (Å²) in [5.41, 5.74) is 5.62. The molecule has 6 nitrogen and oxygen atoms in total. The molecule has 1 N–H and O–H groups in total. The van der Waals surface area contributed by atoms with E-state index in [1.807, 2.05) is 24.4 Å². The summed E-state index contributed by atoms with van der Waals surface area (Å²) in [7, 11) is 0. The van der Waals surface area contributed by atoms with E-state index in [0.29, 0.717) is 6.54 Å². The van der Waals surface area contributed by atoms with Gasteiger partial charge in [0.25, 0.3) is 0 Å². The molecule has 1 aliphatic heterocycles. The predicted molar refractivity (Wildman–Crippen MR) is 127 cm³/mol. The molecule has 0 radical (unpaired) electrons. The summed E-state index contributed by atoms with van der Waals surface area (Å²) in [6.07, 6.45) is 4.67. The number of rotatable bonds is 6. The predicted octanol–water partition coefficient (Wildman–Crippen LogP) is 4.37. The Hall–Kier alpha value is -3.61. The van der Waals surface area contributed by atoms with Crippen LogP contribution in [0, 0.1) is 5.82 Å². The Kier molecular flexibility index (Phi) is 5.62. The van der Waals surface area contributed by atoms with Gasteiger partial charge < -0.3 is 15.1 Å². The lowest BCUT2D eigenvalue weighted by molar-refractivity contribution is 0.625. The molecule has 2 aromatic heterocycles. The Bertz CT molecular complexity index is 1180. The van der Waals surface area contributed by atoms with Crippen molar-refractivity contribution in [3.8, 4) is 0 Å². The third-order valence-electron chi connectivity index (χ3n) is 6.08. The maximum Gasteiger partial charge on any atom is 0.234 e. The second-order valence-corrected chi connectivity index (χ2v) is 8.00. The van der Waals surface area contributed by atoms with E-state index >= 15 is 0 Å². The average molecular weight is 431 g/mol. The van der Waals surface area contributed by atoms with Crippen molar-refractivity contribution in [3.05, 3.63) is 84.2 Å². The first-order valence-corrected chi connectivity index (χ1v) is 11.1. The summed E-state index contributed by atoms with van der Waals surface area (Å²) in [5.74, 6) is 0.557. The Morgan fingerprint density at radius 2 is 1.53 bits per heavy atom. The highest BCUT2D eigenvalue weighted by Crippen LogP contribution is 2.23. The summed E-state index contributed by atoms with van der Waals surface area (Å²) in [5, 5.41) is 3.53. The van der Waals surface area contributed by atoms with E-state index in [1.165, 1.54) is 17.8 Å². The first-order chi connectivity index (χ1) is 15.7. The van der Waals surface area contributed by atoms with Crippen molar-refractivity contribution < 1.29 is 4.39 Å². The Morgan fingerprint density at radius 1 is 0.906 bits per heavy atom. The van der Waals surface area contributed by atoms with Crippen molar-refractivity contribution >= 4 is 22.8 Å². The zero-order chi connectivity index (χ0) is 21.9. The number of anilines is 3. The Balaban J connectivity index is 1.20. The number of fused-ring (bicyclic) bond motifs is 1. The van der Waals surface area contributed by atoms with Crippen LogP contribution in [-0.2, 0) is 13.0 Å². The van der Waals surface area contributed by atoms with Gasteiger partial charge in [-0.3, -0.25) is 4.40 Å². The molecule has 0 unspecified atom stereocenters. The van der Waals surface area contributed by atoms with Crippen molar-refractivity contribution in [2.45, 2.75) is 19.9 Å². The van der Waals surface area contributed by atoms with E-state index in [0.717, 1.165) is 61.1 Å². The van der Waals surface area contributed by atoms with E-state index < -0.39 is 0 Å². The fourth-order valence-electron chi connectivity index (χ4n) is 4.30. The molecule has 5 rings (SSSR count). The SMILES string of the molecule is CCc1nc2ncccn2c1CNc1ccc(N2CCN(c3ccc(F)cc3)CC2)cc1. The van der Waals surface area contributed by atoms with E-state index in [4.69, 9.17) is 0 Å². The third-order valence-corrected chi connectivity index (χ3v) is 6.08. The van der Waals surface area contributed by atoms with Gasteiger partial charge in [-0.1, -0.05) is 6.92 Å². The van der Waals surface area contributed by atoms with Gasteiger partial charge in [0, 0.05) is 55.6 Å². The van der Waals surface area contributed by atoms with Crippen molar-refractivity contribution in [2.75, 3.05) is 41.3 Å². The molecule has 1 aliphatic rings. The minimum absolute atomic E-state index is 0.190. The summed E-state index contributed by atoms with van der Waals surface area (Å²) in [6, 6.07) is 17.3. The highest BCUT2D eigenvalue weighted by molar-refractivity contribution is 5.57. The fraction of sp³-hybridized carbons (Fsp3) is 0.280. The molecule has 7 heteroatoms. The molecule has 0 saturated carbocycles. The van der Waals surface area contributed by atoms with E-state index in [9.17, 15) is 4.39 Å². The van der Waals surface area contributed by atoms with Crippen LogP contribution in [0.3, 0.4) is 0 Å². The molecule has 0 bridgehead atoms. The summed E-state index contributed by atoms with van der Waals surface area (Å²) in [6.45, 7) is 6.56. The molecule has 0 amide bonds. The monoisotopic (exact) mass is 430 g/mol. The molecule has 2 aromatic carbocycles. The van der Waals surface area contributed by atoms with Crippen LogP contribution in [0.15, 0.2) is 67.0 Å². The maximum atomic E-state index is 13.2. The molecule has 0 spiro atoms. The minimum Gasteiger partial charge on any atom is -0.379 e. The highest BCUT2D eigenvalue weighted by atomic mass is 19.1. The third kappa shape index (κ3) is 4.10. The van der Waals surface area contributed by atoms with Gasteiger partial charge in [-0.2, -0.15) is 0 Å². The second-order valence-electron chi connectivity index (χ2n) is 8.00. The van der Waals surface area contributed by atoms with E-state index in [2.05, 4.69) is 60.7 Å². The van der Waals surface area contributed by atoms with Gasteiger partial charge in [0.15, 0.2) is 0 Å². The van der Waals surface area contributed by atoms with Crippen LogP contribution in [0.25, 0.3) is 5.78 Å². The summed E-state index contributed by atoms with van der Waals surface area (Å²) < 4.78 is 15.2. The molecule has 0 atom stereocenters.